The Morgan fingerprint density at radius 1 is 0.621 bits per heavy atom. The molecule has 1 aliphatic rings. The molecule has 0 aliphatic carbocycles. The Balaban J connectivity index is 1.82. The minimum atomic E-state index is -0.601. The summed E-state index contributed by atoms with van der Waals surface area (Å²) in [5.41, 5.74) is 1.98. The van der Waals surface area contributed by atoms with Crippen molar-refractivity contribution < 1.29 is 9.59 Å². The van der Waals surface area contributed by atoms with Crippen LogP contribution < -0.4 is 4.90 Å². The second kappa shape index (κ2) is 7.85. The number of benzene rings is 3. The van der Waals surface area contributed by atoms with Crippen LogP contribution in [-0.2, 0) is 0 Å². The number of para-hydroxylation sites is 1. The SMILES string of the molecule is O=C1c2c(Cl)c(Cl)c(Cl)c(Cl)c2C(=O)N1c1ccccc1/C=C\c1ccccc1. The van der Waals surface area contributed by atoms with Gasteiger partial charge in [-0.3, -0.25) is 9.59 Å². The molecule has 1 heterocycles. The van der Waals surface area contributed by atoms with Gasteiger partial charge in [0.15, 0.2) is 0 Å². The Bertz CT molecular complexity index is 1140. The lowest BCUT2D eigenvalue weighted by molar-refractivity contribution is 0.0926. The fourth-order valence-corrected chi connectivity index (χ4v) is 4.16. The van der Waals surface area contributed by atoms with Crippen LogP contribution in [0.4, 0.5) is 5.69 Å². The van der Waals surface area contributed by atoms with Crippen LogP contribution in [0.5, 0.6) is 0 Å². The molecule has 0 unspecified atom stereocenters. The van der Waals surface area contributed by atoms with Crippen LogP contribution in [0.15, 0.2) is 54.6 Å². The minimum absolute atomic E-state index is 0.0436. The lowest BCUT2D eigenvalue weighted by Gasteiger charge is -2.16. The summed E-state index contributed by atoms with van der Waals surface area (Å²) >= 11 is 24.6. The smallest absolute Gasteiger partial charge is 0.267 e. The van der Waals surface area contributed by atoms with E-state index < -0.39 is 11.8 Å². The van der Waals surface area contributed by atoms with E-state index >= 15 is 0 Å². The Morgan fingerprint density at radius 2 is 1.14 bits per heavy atom. The summed E-state index contributed by atoms with van der Waals surface area (Å²) in [6.45, 7) is 0. The van der Waals surface area contributed by atoms with Crippen LogP contribution in [-0.4, -0.2) is 11.8 Å². The van der Waals surface area contributed by atoms with Crippen molar-refractivity contribution in [1.82, 2.24) is 0 Å². The van der Waals surface area contributed by atoms with E-state index in [1.54, 1.807) is 12.1 Å². The number of halogens is 4. The third kappa shape index (κ3) is 3.34. The number of hydrogen-bond acceptors (Lipinski definition) is 2. The number of carbonyl (C=O) groups excluding carboxylic acids is 2. The van der Waals surface area contributed by atoms with Crippen molar-refractivity contribution in [3.05, 3.63) is 96.9 Å². The Kier molecular flexibility index (Phi) is 5.41. The highest BCUT2D eigenvalue weighted by Crippen LogP contribution is 2.46. The molecule has 3 aromatic carbocycles. The van der Waals surface area contributed by atoms with Crippen LogP contribution in [0.2, 0.25) is 20.1 Å². The van der Waals surface area contributed by atoms with Gasteiger partial charge in [-0.1, -0.05) is 107 Å². The summed E-state index contributed by atoms with van der Waals surface area (Å²) in [5, 5.41) is -0.293. The molecule has 0 N–H and O–H groups in total. The Morgan fingerprint density at radius 3 is 1.72 bits per heavy atom. The summed E-state index contributed by atoms with van der Waals surface area (Å²) in [6, 6.07) is 16.7. The van der Waals surface area contributed by atoms with Crippen LogP contribution in [0.1, 0.15) is 31.8 Å². The van der Waals surface area contributed by atoms with Gasteiger partial charge in [0.2, 0.25) is 0 Å². The predicted molar refractivity (Wildman–Crippen MR) is 119 cm³/mol. The van der Waals surface area contributed by atoms with Crippen molar-refractivity contribution in [1.29, 1.82) is 0 Å². The first kappa shape index (κ1) is 20.0. The lowest BCUT2D eigenvalue weighted by Crippen LogP contribution is -2.30. The van der Waals surface area contributed by atoms with E-state index in [2.05, 4.69) is 0 Å². The molecule has 4 rings (SSSR count). The van der Waals surface area contributed by atoms with Gasteiger partial charge in [-0.15, -0.1) is 0 Å². The van der Waals surface area contributed by atoms with Crippen molar-refractivity contribution in [2.45, 2.75) is 0 Å². The number of hydrogen-bond donors (Lipinski definition) is 0. The van der Waals surface area contributed by atoms with Gasteiger partial charge in [0.05, 0.1) is 36.9 Å². The average Bonchev–Trinajstić information content (AvgIpc) is 3.00. The van der Waals surface area contributed by atoms with Gasteiger partial charge >= 0.3 is 0 Å². The molecule has 3 aromatic rings. The number of nitrogens with zero attached hydrogens (tertiary/aromatic N) is 1. The van der Waals surface area contributed by atoms with E-state index in [9.17, 15) is 9.59 Å². The monoisotopic (exact) mass is 461 g/mol. The van der Waals surface area contributed by atoms with Gasteiger partial charge in [0, 0.05) is 0 Å². The quantitative estimate of drug-likeness (QED) is 0.177. The zero-order chi connectivity index (χ0) is 20.7. The van der Waals surface area contributed by atoms with Crippen LogP contribution in [0.3, 0.4) is 0 Å². The third-order valence-corrected chi connectivity index (χ3v) is 6.34. The van der Waals surface area contributed by atoms with Crippen LogP contribution in [0.25, 0.3) is 12.2 Å². The maximum absolute atomic E-state index is 13.1. The van der Waals surface area contributed by atoms with Gasteiger partial charge in [0.1, 0.15) is 0 Å². The van der Waals surface area contributed by atoms with Gasteiger partial charge in [-0.2, -0.15) is 0 Å². The zero-order valence-electron chi connectivity index (χ0n) is 14.6. The fraction of sp³-hybridized carbons (Fsp3) is 0. The predicted octanol–water partition coefficient (Wildman–Crippen LogP) is 7.27. The Hall–Kier alpha value is -2.30. The summed E-state index contributed by atoms with van der Waals surface area (Å²) in [4.78, 5) is 27.3. The molecule has 0 atom stereocenters. The maximum atomic E-state index is 13.1. The first-order valence-corrected chi connectivity index (χ1v) is 10.00. The van der Waals surface area contributed by atoms with Gasteiger partial charge in [-0.25, -0.2) is 4.90 Å². The lowest BCUT2D eigenvalue weighted by atomic mass is 10.1. The highest BCUT2D eigenvalue weighted by molar-refractivity contribution is 6.56. The first-order chi connectivity index (χ1) is 13.9. The largest absolute Gasteiger partial charge is 0.268 e. The van der Waals surface area contributed by atoms with Gasteiger partial charge in [0.25, 0.3) is 11.8 Å². The molecule has 0 radical (unpaired) electrons. The summed E-state index contributed by atoms with van der Waals surface area (Å²) < 4.78 is 0. The third-order valence-electron chi connectivity index (χ3n) is 4.53. The van der Waals surface area contributed by atoms with Crippen LogP contribution in [0, 0.1) is 0 Å². The van der Waals surface area contributed by atoms with E-state index in [1.807, 2.05) is 54.6 Å². The van der Waals surface area contributed by atoms with Gasteiger partial charge < -0.3 is 0 Å². The molecule has 0 saturated carbocycles. The van der Waals surface area contributed by atoms with Gasteiger partial charge in [-0.05, 0) is 17.2 Å². The van der Waals surface area contributed by atoms with E-state index in [-0.39, 0.29) is 31.2 Å². The molecule has 0 spiro atoms. The molecule has 0 bridgehead atoms. The average molecular weight is 463 g/mol. The van der Waals surface area contributed by atoms with E-state index in [0.717, 1.165) is 10.5 Å². The number of fused-ring (bicyclic) bond motifs is 1. The molecule has 0 fully saturated rings. The molecule has 3 nitrogen and oxygen atoms in total. The summed E-state index contributed by atoms with van der Waals surface area (Å²) in [7, 11) is 0. The number of imide groups is 1. The molecule has 0 saturated heterocycles. The van der Waals surface area contributed by atoms with Crippen molar-refractivity contribution >= 4 is 76.1 Å². The zero-order valence-corrected chi connectivity index (χ0v) is 17.7. The standard InChI is InChI=1S/C22H11Cl4NO2/c23-17-15-16(18(24)20(26)19(17)25)22(29)27(21(15)28)14-9-5-4-8-13(14)11-10-12-6-2-1-3-7-12/h1-11H/b11-10-. The molecular weight excluding hydrogens is 452 g/mol. The maximum Gasteiger partial charge on any atom is 0.267 e. The molecule has 29 heavy (non-hydrogen) atoms. The molecule has 2 amide bonds. The minimum Gasteiger partial charge on any atom is -0.268 e. The summed E-state index contributed by atoms with van der Waals surface area (Å²) in [6.07, 6.45) is 3.72. The normalized spacial score (nSPS) is 13.4. The van der Waals surface area contributed by atoms with Crippen molar-refractivity contribution in [2.24, 2.45) is 0 Å². The van der Waals surface area contributed by atoms with E-state index in [1.165, 1.54) is 0 Å². The highest BCUT2D eigenvalue weighted by Gasteiger charge is 2.42. The fourth-order valence-electron chi connectivity index (χ4n) is 3.15. The van der Waals surface area contributed by atoms with Crippen molar-refractivity contribution in [2.75, 3.05) is 4.90 Å². The molecule has 7 heteroatoms. The highest BCUT2D eigenvalue weighted by atomic mass is 35.5. The second-order valence-electron chi connectivity index (χ2n) is 6.25. The van der Waals surface area contributed by atoms with Crippen molar-refractivity contribution in [3.8, 4) is 0 Å². The second-order valence-corrected chi connectivity index (χ2v) is 7.77. The van der Waals surface area contributed by atoms with E-state index in [4.69, 9.17) is 46.4 Å². The van der Waals surface area contributed by atoms with Crippen molar-refractivity contribution in [3.63, 3.8) is 0 Å². The number of carbonyl (C=O) groups is 2. The topological polar surface area (TPSA) is 37.4 Å². The van der Waals surface area contributed by atoms with E-state index in [0.29, 0.717) is 11.3 Å². The molecule has 144 valence electrons. The number of anilines is 1. The summed E-state index contributed by atoms with van der Waals surface area (Å²) in [5.74, 6) is -1.20. The van der Waals surface area contributed by atoms with Crippen LogP contribution >= 0.6 is 46.4 Å². The molecule has 1 aliphatic heterocycles. The molecular formula is C22H11Cl4NO2. The Labute approximate surface area is 187 Å². The molecule has 0 aromatic heterocycles. The number of amides is 2. The first-order valence-electron chi connectivity index (χ1n) is 8.48. The number of rotatable bonds is 3.